The number of aryl methyl sites for hydroxylation is 2. The van der Waals surface area contributed by atoms with Crippen LogP contribution in [0.2, 0.25) is 11.5 Å². The van der Waals surface area contributed by atoms with Crippen molar-refractivity contribution in [2.45, 2.75) is 18.4 Å². The van der Waals surface area contributed by atoms with E-state index in [9.17, 15) is 4.39 Å². The van der Waals surface area contributed by atoms with E-state index < -0.39 is 13.3 Å². The van der Waals surface area contributed by atoms with E-state index in [2.05, 4.69) is 64.7 Å². The van der Waals surface area contributed by atoms with Crippen molar-refractivity contribution in [1.29, 1.82) is 0 Å². The number of rotatable bonds is 3. The Labute approximate surface area is 146 Å². The number of benzene rings is 2. The zero-order valence-corrected chi connectivity index (χ0v) is 16.8. The second-order valence-corrected chi connectivity index (χ2v) is 16.1. The Balaban J connectivity index is 2.13. The van der Waals surface area contributed by atoms with Crippen molar-refractivity contribution in [1.82, 2.24) is 0 Å². The van der Waals surface area contributed by atoms with Gasteiger partial charge in [0.05, 0.1) is 0 Å². The molecule has 1 aromatic heterocycles. The first-order valence-electron chi connectivity index (χ1n) is 8.22. The van der Waals surface area contributed by atoms with Crippen LogP contribution in [0, 0.1) is 12.7 Å². The van der Waals surface area contributed by atoms with Gasteiger partial charge in [-0.15, -0.1) is 0 Å². The Morgan fingerprint density at radius 1 is 0.875 bits per heavy atom. The maximum absolute atomic E-state index is 13.5. The van der Waals surface area contributed by atoms with Gasteiger partial charge in [0.15, 0.2) is 0 Å². The summed E-state index contributed by atoms with van der Waals surface area (Å²) in [4.78, 5) is 0. The molecule has 0 N–H and O–H groups in total. The first-order chi connectivity index (χ1) is 11.4. The quantitative estimate of drug-likeness (QED) is 0.484. The maximum atomic E-state index is 13.5. The Hall–Kier alpha value is -1.94. The molecule has 0 saturated heterocycles. The molecule has 0 fully saturated rings. The van der Waals surface area contributed by atoms with Gasteiger partial charge >= 0.3 is 146 Å². The number of aromatic nitrogens is 1. The van der Waals surface area contributed by atoms with Crippen LogP contribution in [0.3, 0.4) is 0 Å². The normalized spacial score (nSPS) is 11.5. The SMILES string of the molecule is Cc1cc(F)ccc1-c1c[c]([Ge]([CH3])([CH3])[c]2ccccc2)cc[n+]1C. The molecule has 0 atom stereocenters. The fourth-order valence-electron chi connectivity index (χ4n) is 3.16. The molecule has 0 radical (unpaired) electrons. The summed E-state index contributed by atoms with van der Waals surface area (Å²) in [6.07, 6.45) is 2.13. The fraction of sp³-hybridized carbons (Fsp3) is 0.190. The summed E-state index contributed by atoms with van der Waals surface area (Å²) < 4.78 is 18.5. The van der Waals surface area contributed by atoms with Crippen LogP contribution in [0.15, 0.2) is 66.9 Å². The number of hydrogen-bond donors (Lipinski definition) is 0. The van der Waals surface area contributed by atoms with E-state index in [0.29, 0.717) is 0 Å². The van der Waals surface area contributed by atoms with Crippen LogP contribution in [0.25, 0.3) is 11.3 Å². The molecule has 2 aromatic carbocycles. The molecule has 0 amide bonds. The molecule has 0 bridgehead atoms. The van der Waals surface area contributed by atoms with Crippen molar-refractivity contribution in [3.63, 3.8) is 0 Å². The van der Waals surface area contributed by atoms with Gasteiger partial charge in [0.1, 0.15) is 0 Å². The molecule has 0 aliphatic heterocycles. The molecule has 24 heavy (non-hydrogen) atoms. The summed E-state index contributed by atoms with van der Waals surface area (Å²) in [5, 5.41) is 0. The molecule has 1 heterocycles. The number of hydrogen-bond acceptors (Lipinski definition) is 0. The Kier molecular flexibility index (Phi) is 4.59. The summed E-state index contributed by atoms with van der Waals surface area (Å²) in [6.45, 7) is 1.97. The predicted octanol–water partition coefficient (Wildman–Crippen LogP) is 3.45. The van der Waals surface area contributed by atoms with Gasteiger partial charge in [0, 0.05) is 0 Å². The molecule has 1 nitrogen and oxygen atoms in total. The molecule has 122 valence electrons. The second-order valence-electron chi connectivity index (χ2n) is 6.86. The second kappa shape index (κ2) is 6.52. The summed E-state index contributed by atoms with van der Waals surface area (Å²) in [5.74, 6) is 4.66. The molecule has 0 aliphatic rings. The van der Waals surface area contributed by atoms with Crippen LogP contribution in [-0.2, 0) is 7.05 Å². The summed E-state index contributed by atoms with van der Waals surface area (Å²) >= 11 is -2.34. The average molecular weight is 381 g/mol. The average Bonchev–Trinajstić information content (AvgIpc) is 2.56. The van der Waals surface area contributed by atoms with Gasteiger partial charge in [0.25, 0.3) is 0 Å². The zero-order chi connectivity index (χ0) is 17.3. The van der Waals surface area contributed by atoms with Gasteiger partial charge < -0.3 is 0 Å². The van der Waals surface area contributed by atoms with Crippen molar-refractivity contribution in [3.8, 4) is 11.3 Å². The first-order valence-corrected chi connectivity index (χ1v) is 14.5. The molecule has 3 rings (SSSR count). The van der Waals surface area contributed by atoms with E-state index >= 15 is 0 Å². The third-order valence-electron chi connectivity index (χ3n) is 4.83. The summed E-state index contributed by atoms with van der Waals surface area (Å²) in [6, 6.07) is 20.4. The van der Waals surface area contributed by atoms with Crippen molar-refractivity contribution in [2.24, 2.45) is 7.05 Å². The Morgan fingerprint density at radius 3 is 2.25 bits per heavy atom. The van der Waals surface area contributed by atoms with Crippen LogP contribution in [0.4, 0.5) is 4.39 Å². The van der Waals surface area contributed by atoms with Crippen molar-refractivity contribution >= 4 is 22.1 Å². The Bertz CT molecular complexity index is 872. The minimum absolute atomic E-state index is 0.183. The van der Waals surface area contributed by atoms with Gasteiger partial charge in [-0.3, -0.25) is 0 Å². The molecule has 0 spiro atoms. The van der Waals surface area contributed by atoms with E-state index in [0.717, 1.165) is 16.8 Å². The van der Waals surface area contributed by atoms with Crippen molar-refractivity contribution in [3.05, 3.63) is 78.2 Å². The van der Waals surface area contributed by atoms with Crippen LogP contribution < -0.4 is 13.4 Å². The summed E-state index contributed by atoms with van der Waals surface area (Å²) in [7, 11) is 2.05. The predicted molar refractivity (Wildman–Crippen MR) is 101 cm³/mol. The van der Waals surface area contributed by atoms with Gasteiger partial charge in [-0.05, 0) is 0 Å². The zero-order valence-electron chi connectivity index (χ0n) is 14.7. The standard InChI is InChI=1S/C21H23FGeN/c1-16-14-17(22)10-11-20(16)21-15-19(12-13-24(21)4)23(2,3)18-8-6-5-7-9-18/h5-15H,1-4H3/q+1. The van der Waals surface area contributed by atoms with Gasteiger partial charge in [0.2, 0.25) is 0 Å². The molecule has 3 heteroatoms. The topological polar surface area (TPSA) is 3.88 Å². The van der Waals surface area contributed by atoms with E-state index in [-0.39, 0.29) is 5.82 Å². The fourth-order valence-corrected chi connectivity index (χ4v) is 8.09. The van der Waals surface area contributed by atoms with E-state index in [1.54, 1.807) is 12.1 Å². The van der Waals surface area contributed by atoms with Gasteiger partial charge in [-0.2, -0.15) is 0 Å². The van der Waals surface area contributed by atoms with E-state index in [1.807, 2.05) is 20.0 Å². The van der Waals surface area contributed by atoms with Crippen LogP contribution in [0.5, 0.6) is 0 Å². The van der Waals surface area contributed by atoms with E-state index in [1.165, 1.54) is 8.79 Å². The molecule has 0 saturated carbocycles. The summed E-state index contributed by atoms with van der Waals surface area (Å²) in [5.41, 5.74) is 3.19. The monoisotopic (exact) mass is 382 g/mol. The van der Waals surface area contributed by atoms with Crippen LogP contribution >= 0.6 is 0 Å². The van der Waals surface area contributed by atoms with E-state index in [4.69, 9.17) is 0 Å². The van der Waals surface area contributed by atoms with Crippen molar-refractivity contribution in [2.75, 3.05) is 0 Å². The van der Waals surface area contributed by atoms with Gasteiger partial charge in [-0.1, -0.05) is 0 Å². The number of nitrogens with zero attached hydrogens (tertiary/aromatic N) is 1. The molecular formula is C21H23FGeN+. The van der Waals surface area contributed by atoms with Crippen LogP contribution in [-0.4, -0.2) is 13.3 Å². The third-order valence-corrected chi connectivity index (χ3v) is 12.2. The Morgan fingerprint density at radius 2 is 1.58 bits per heavy atom. The molecule has 0 unspecified atom stereocenters. The van der Waals surface area contributed by atoms with Gasteiger partial charge in [-0.25, -0.2) is 0 Å². The number of pyridine rings is 1. The number of halogens is 1. The first kappa shape index (κ1) is 16.9. The molecule has 0 aliphatic carbocycles. The molecule has 3 aromatic rings. The van der Waals surface area contributed by atoms with Crippen molar-refractivity contribution < 1.29 is 8.96 Å². The minimum atomic E-state index is -2.34. The van der Waals surface area contributed by atoms with Crippen LogP contribution in [0.1, 0.15) is 5.56 Å². The molecular weight excluding hydrogens is 358 g/mol. The third kappa shape index (κ3) is 3.16.